The summed E-state index contributed by atoms with van der Waals surface area (Å²) in [6, 6.07) is 0.167. The van der Waals surface area contributed by atoms with Gasteiger partial charge in [-0.2, -0.15) is 5.10 Å². The van der Waals surface area contributed by atoms with Crippen LogP contribution in [-0.2, 0) is 16.9 Å². The van der Waals surface area contributed by atoms with E-state index in [0.717, 1.165) is 12.8 Å². The highest BCUT2D eigenvalue weighted by Crippen LogP contribution is 2.27. The summed E-state index contributed by atoms with van der Waals surface area (Å²) >= 11 is 0. The summed E-state index contributed by atoms with van der Waals surface area (Å²) in [5.74, 6) is 0. The molecule has 1 aromatic heterocycles. The highest BCUT2D eigenvalue weighted by Gasteiger charge is 2.31. The van der Waals surface area contributed by atoms with Gasteiger partial charge in [-0.3, -0.25) is 4.68 Å². The van der Waals surface area contributed by atoms with Crippen LogP contribution in [0.4, 0.5) is 0 Å². The normalized spacial score (nSPS) is 26.9. The van der Waals surface area contributed by atoms with E-state index in [1.807, 2.05) is 0 Å². The molecule has 1 saturated carbocycles. The van der Waals surface area contributed by atoms with Crippen LogP contribution < -0.4 is 5.73 Å². The Labute approximate surface area is 95.6 Å². The van der Waals surface area contributed by atoms with E-state index < -0.39 is 9.84 Å². The molecule has 1 fully saturated rings. The zero-order valence-electron chi connectivity index (χ0n) is 9.33. The SMILES string of the molecule is Cn1cc(S(=O)(=O)C2CCC(N)CC2)cn1. The molecule has 90 valence electrons. The fourth-order valence-corrected chi connectivity index (χ4v) is 3.91. The van der Waals surface area contributed by atoms with Crippen molar-refractivity contribution in [2.75, 3.05) is 0 Å². The predicted octanol–water partition coefficient (Wildman–Crippen LogP) is 0.464. The molecule has 1 aliphatic rings. The monoisotopic (exact) mass is 243 g/mol. The molecule has 1 aliphatic carbocycles. The second-order valence-electron chi connectivity index (χ2n) is 4.43. The van der Waals surface area contributed by atoms with Crippen LogP contribution in [0.1, 0.15) is 25.7 Å². The van der Waals surface area contributed by atoms with Crippen LogP contribution in [0.25, 0.3) is 0 Å². The minimum Gasteiger partial charge on any atom is -0.328 e. The van der Waals surface area contributed by atoms with E-state index >= 15 is 0 Å². The summed E-state index contributed by atoms with van der Waals surface area (Å²) in [5.41, 5.74) is 5.77. The van der Waals surface area contributed by atoms with Crippen molar-refractivity contribution in [3.63, 3.8) is 0 Å². The molecule has 0 saturated heterocycles. The summed E-state index contributed by atoms with van der Waals surface area (Å²) < 4.78 is 25.9. The lowest BCUT2D eigenvalue weighted by Gasteiger charge is -2.25. The zero-order chi connectivity index (χ0) is 11.8. The smallest absolute Gasteiger partial charge is 0.184 e. The highest BCUT2D eigenvalue weighted by molar-refractivity contribution is 7.92. The van der Waals surface area contributed by atoms with Crippen molar-refractivity contribution in [1.82, 2.24) is 9.78 Å². The van der Waals surface area contributed by atoms with E-state index in [9.17, 15) is 8.42 Å². The van der Waals surface area contributed by atoms with E-state index in [1.165, 1.54) is 10.9 Å². The fourth-order valence-electron chi connectivity index (χ4n) is 2.14. The molecule has 2 N–H and O–H groups in total. The number of nitrogens with two attached hydrogens (primary N) is 1. The number of hydrogen-bond donors (Lipinski definition) is 1. The molecule has 0 bridgehead atoms. The largest absolute Gasteiger partial charge is 0.328 e. The molecular formula is C10H17N3O2S. The molecule has 1 aromatic rings. The van der Waals surface area contributed by atoms with Crippen molar-refractivity contribution in [3.8, 4) is 0 Å². The van der Waals surface area contributed by atoms with E-state index in [4.69, 9.17) is 5.73 Å². The third kappa shape index (κ3) is 2.12. The first-order valence-electron chi connectivity index (χ1n) is 5.48. The molecule has 0 amide bonds. The van der Waals surface area contributed by atoms with Crippen LogP contribution in [0.2, 0.25) is 0 Å². The van der Waals surface area contributed by atoms with Crippen LogP contribution in [0.5, 0.6) is 0 Å². The van der Waals surface area contributed by atoms with Gasteiger partial charge >= 0.3 is 0 Å². The number of nitrogens with zero attached hydrogens (tertiary/aromatic N) is 2. The molecule has 1 heterocycles. The van der Waals surface area contributed by atoms with Gasteiger partial charge in [-0.05, 0) is 25.7 Å². The first kappa shape index (κ1) is 11.6. The molecule has 0 unspecified atom stereocenters. The average molecular weight is 243 g/mol. The fraction of sp³-hybridized carbons (Fsp3) is 0.700. The maximum atomic E-state index is 12.2. The summed E-state index contributed by atoms with van der Waals surface area (Å²) in [7, 11) is -1.49. The van der Waals surface area contributed by atoms with Gasteiger partial charge in [0.15, 0.2) is 9.84 Å². The van der Waals surface area contributed by atoms with E-state index in [1.54, 1.807) is 13.2 Å². The topological polar surface area (TPSA) is 78.0 Å². The maximum absolute atomic E-state index is 12.2. The van der Waals surface area contributed by atoms with Crippen molar-refractivity contribution >= 4 is 9.84 Å². The Morgan fingerprint density at radius 3 is 2.50 bits per heavy atom. The van der Waals surface area contributed by atoms with Crippen LogP contribution in [0.15, 0.2) is 17.3 Å². The minimum atomic E-state index is -3.20. The molecule has 0 aliphatic heterocycles. The Morgan fingerprint density at radius 1 is 1.38 bits per heavy atom. The van der Waals surface area contributed by atoms with Gasteiger partial charge < -0.3 is 5.73 Å². The first-order chi connectivity index (χ1) is 7.50. The summed E-state index contributed by atoms with van der Waals surface area (Å²) in [5, 5.41) is 3.62. The van der Waals surface area contributed by atoms with Gasteiger partial charge in [0.05, 0.1) is 11.4 Å². The van der Waals surface area contributed by atoms with Crippen molar-refractivity contribution in [2.45, 2.75) is 41.9 Å². The van der Waals surface area contributed by atoms with Gasteiger partial charge in [0.2, 0.25) is 0 Å². The van der Waals surface area contributed by atoms with Gasteiger partial charge in [0.1, 0.15) is 4.90 Å². The number of aryl methyl sites for hydroxylation is 1. The Morgan fingerprint density at radius 2 is 2.00 bits per heavy atom. The summed E-state index contributed by atoms with van der Waals surface area (Å²) in [4.78, 5) is 0.329. The molecule has 0 aromatic carbocycles. The lowest BCUT2D eigenvalue weighted by molar-refractivity contribution is 0.433. The quantitative estimate of drug-likeness (QED) is 0.818. The van der Waals surface area contributed by atoms with E-state index in [2.05, 4.69) is 5.10 Å². The van der Waals surface area contributed by atoms with E-state index in [0.29, 0.717) is 17.7 Å². The van der Waals surface area contributed by atoms with Gasteiger partial charge in [0, 0.05) is 19.3 Å². The molecule has 16 heavy (non-hydrogen) atoms. The lowest BCUT2D eigenvalue weighted by Crippen LogP contribution is -2.33. The molecule has 6 heteroatoms. The van der Waals surface area contributed by atoms with Crippen molar-refractivity contribution in [3.05, 3.63) is 12.4 Å². The Kier molecular flexibility index (Phi) is 3.03. The molecular weight excluding hydrogens is 226 g/mol. The number of rotatable bonds is 2. The third-order valence-electron chi connectivity index (χ3n) is 3.17. The number of aromatic nitrogens is 2. The minimum absolute atomic E-state index is 0.167. The third-order valence-corrected chi connectivity index (χ3v) is 5.38. The summed E-state index contributed by atoms with van der Waals surface area (Å²) in [6.07, 6.45) is 5.90. The van der Waals surface area contributed by atoms with Gasteiger partial charge in [-0.1, -0.05) is 0 Å². The van der Waals surface area contributed by atoms with Crippen molar-refractivity contribution in [2.24, 2.45) is 12.8 Å². The van der Waals surface area contributed by atoms with Crippen molar-refractivity contribution < 1.29 is 8.42 Å². The zero-order valence-corrected chi connectivity index (χ0v) is 10.2. The molecule has 0 radical (unpaired) electrons. The van der Waals surface area contributed by atoms with Gasteiger partial charge in [-0.15, -0.1) is 0 Å². The van der Waals surface area contributed by atoms with Gasteiger partial charge in [-0.25, -0.2) is 8.42 Å². The van der Waals surface area contributed by atoms with Gasteiger partial charge in [0.25, 0.3) is 0 Å². The molecule has 0 atom stereocenters. The van der Waals surface area contributed by atoms with Crippen LogP contribution in [0.3, 0.4) is 0 Å². The Hall–Kier alpha value is -0.880. The first-order valence-corrected chi connectivity index (χ1v) is 7.03. The van der Waals surface area contributed by atoms with Crippen LogP contribution in [0, 0.1) is 0 Å². The average Bonchev–Trinajstić information content (AvgIpc) is 2.66. The number of hydrogen-bond acceptors (Lipinski definition) is 4. The second-order valence-corrected chi connectivity index (χ2v) is 6.66. The summed E-state index contributed by atoms with van der Waals surface area (Å²) in [6.45, 7) is 0. The van der Waals surface area contributed by atoms with Crippen LogP contribution in [-0.4, -0.2) is 29.5 Å². The standard InChI is InChI=1S/C10H17N3O2S/c1-13-7-10(6-12-13)16(14,15)9-4-2-8(11)3-5-9/h6-9H,2-5,11H2,1H3. The molecule has 5 nitrogen and oxygen atoms in total. The highest BCUT2D eigenvalue weighted by atomic mass is 32.2. The van der Waals surface area contributed by atoms with E-state index in [-0.39, 0.29) is 11.3 Å². The maximum Gasteiger partial charge on any atom is 0.184 e. The predicted molar refractivity (Wildman–Crippen MR) is 60.6 cm³/mol. The van der Waals surface area contributed by atoms with Crippen LogP contribution >= 0.6 is 0 Å². The molecule has 2 rings (SSSR count). The molecule has 0 spiro atoms. The Balaban J connectivity index is 2.20. The van der Waals surface area contributed by atoms with Crippen molar-refractivity contribution in [1.29, 1.82) is 0 Å². The second kappa shape index (κ2) is 4.18. The lowest BCUT2D eigenvalue weighted by atomic mass is 9.96. The number of sulfone groups is 1. The Bertz CT molecular complexity index is 458.